The number of hydrogen-bond acceptors (Lipinski definition) is 4. The van der Waals surface area contributed by atoms with Crippen molar-refractivity contribution < 1.29 is 24.2 Å². The third-order valence-electron chi connectivity index (χ3n) is 2.62. The molecule has 6 heteroatoms. The van der Waals surface area contributed by atoms with E-state index >= 15 is 0 Å². The predicted octanol–water partition coefficient (Wildman–Crippen LogP) is 2.43. The number of rotatable bonds is 7. The van der Waals surface area contributed by atoms with E-state index in [9.17, 15) is 9.59 Å². The molecule has 22 heavy (non-hydrogen) atoms. The van der Waals surface area contributed by atoms with E-state index in [0.717, 1.165) is 5.56 Å². The fraction of sp³-hybridized carbons (Fsp3) is 0.500. The minimum atomic E-state index is -1.16. The molecular weight excluding hydrogens is 286 g/mol. The largest absolute Gasteiger partial charge is 0.480 e. The van der Waals surface area contributed by atoms with Crippen LogP contribution in [0.15, 0.2) is 30.3 Å². The van der Waals surface area contributed by atoms with Gasteiger partial charge in [0.15, 0.2) is 6.04 Å². The van der Waals surface area contributed by atoms with E-state index in [2.05, 4.69) is 5.32 Å². The molecule has 122 valence electrons. The van der Waals surface area contributed by atoms with Gasteiger partial charge in [-0.2, -0.15) is 0 Å². The summed E-state index contributed by atoms with van der Waals surface area (Å²) in [6, 6.07) is 8.01. The molecule has 0 unspecified atom stereocenters. The summed E-state index contributed by atoms with van der Waals surface area (Å²) in [5, 5.41) is 11.4. The number of benzene rings is 1. The van der Waals surface area contributed by atoms with E-state index in [4.69, 9.17) is 14.6 Å². The SMILES string of the molecule is CC(C)(C)COC[C@H](NC(=O)OCc1ccccc1)C(=O)O. The van der Waals surface area contributed by atoms with E-state index in [1.54, 1.807) is 0 Å². The first kappa shape index (κ1) is 18.0. The van der Waals surface area contributed by atoms with Crippen LogP contribution in [-0.2, 0) is 20.9 Å². The average Bonchev–Trinajstić information content (AvgIpc) is 2.43. The molecule has 0 saturated carbocycles. The van der Waals surface area contributed by atoms with Crippen molar-refractivity contribution in [3.05, 3.63) is 35.9 Å². The van der Waals surface area contributed by atoms with E-state index in [-0.39, 0.29) is 18.6 Å². The Hall–Kier alpha value is -2.08. The molecular formula is C16H23NO5. The summed E-state index contributed by atoms with van der Waals surface area (Å²) in [5.41, 5.74) is 0.755. The summed E-state index contributed by atoms with van der Waals surface area (Å²) in [6.07, 6.45) is -0.782. The van der Waals surface area contributed by atoms with Crippen LogP contribution in [-0.4, -0.2) is 36.4 Å². The molecule has 1 rings (SSSR count). The topological polar surface area (TPSA) is 84.9 Å². The Morgan fingerprint density at radius 2 is 1.86 bits per heavy atom. The highest BCUT2D eigenvalue weighted by Crippen LogP contribution is 2.12. The average molecular weight is 309 g/mol. The van der Waals surface area contributed by atoms with Crippen molar-refractivity contribution in [2.45, 2.75) is 33.4 Å². The molecule has 0 bridgehead atoms. The first-order valence-electron chi connectivity index (χ1n) is 7.06. The van der Waals surface area contributed by atoms with Crippen LogP contribution in [0, 0.1) is 5.41 Å². The number of nitrogens with one attached hydrogen (secondary N) is 1. The van der Waals surface area contributed by atoms with Crippen molar-refractivity contribution in [3.63, 3.8) is 0 Å². The van der Waals surface area contributed by atoms with Gasteiger partial charge in [-0.1, -0.05) is 51.1 Å². The van der Waals surface area contributed by atoms with Gasteiger partial charge in [-0.3, -0.25) is 0 Å². The first-order chi connectivity index (χ1) is 10.3. The number of carbonyl (C=O) groups excluding carboxylic acids is 1. The Morgan fingerprint density at radius 1 is 1.23 bits per heavy atom. The summed E-state index contributed by atoms with van der Waals surface area (Å²) in [5.74, 6) is -1.16. The quantitative estimate of drug-likeness (QED) is 0.808. The number of carbonyl (C=O) groups is 2. The zero-order chi connectivity index (χ0) is 16.6. The van der Waals surface area contributed by atoms with Crippen molar-refractivity contribution in [1.29, 1.82) is 0 Å². The second-order valence-corrected chi connectivity index (χ2v) is 6.17. The number of aliphatic carboxylic acids is 1. The van der Waals surface area contributed by atoms with Crippen molar-refractivity contribution in [2.75, 3.05) is 13.2 Å². The Balaban J connectivity index is 2.39. The fourth-order valence-corrected chi connectivity index (χ4v) is 1.56. The molecule has 0 radical (unpaired) electrons. The zero-order valence-corrected chi connectivity index (χ0v) is 13.2. The molecule has 1 aromatic rings. The van der Waals surface area contributed by atoms with E-state index in [1.807, 2.05) is 51.1 Å². The van der Waals surface area contributed by atoms with Crippen LogP contribution in [0.1, 0.15) is 26.3 Å². The second-order valence-electron chi connectivity index (χ2n) is 6.17. The van der Waals surface area contributed by atoms with Crippen molar-refractivity contribution in [2.24, 2.45) is 5.41 Å². The number of ether oxygens (including phenoxy) is 2. The third-order valence-corrected chi connectivity index (χ3v) is 2.62. The molecule has 0 heterocycles. The molecule has 0 saturated heterocycles. The maximum atomic E-state index is 11.6. The molecule has 6 nitrogen and oxygen atoms in total. The molecule has 0 fully saturated rings. The van der Waals surface area contributed by atoms with Gasteiger partial charge in [-0.25, -0.2) is 9.59 Å². The Labute approximate surface area is 130 Å². The first-order valence-corrected chi connectivity index (χ1v) is 7.06. The van der Waals surface area contributed by atoms with Gasteiger partial charge in [0.2, 0.25) is 0 Å². The fourth-order valence-electron chi connectivity index (χ4n) is 1.56. The van der Waals surface area contributed by atoms with Crippen LogP contribution in [0.3, 0.4) is 0 Å². The van der Waals surface area contributed by atoms with E-state index < -0.39 is 18.1 Å². The molecule has 0 aromatic heterocycles. The molecule has 2 N–H and O–H groups in total. The van der Waals surface area contributed by atoms with Gasteiger partial charge in [0.05, 0.1) is 13.2 Å². The molecule has 0 aliphatic heterocycles. The van der Waals surface area contributed by atoms with Crippen LogP contribution in [0.4, 0.5) is 4.79 Å². The lowest BCUT2D eigenvalue weighted by atomic mass is 9.99. The van der Waals surface area contributed by atoms with Crippen molar-refractivity contribution >= 4 is 12.1 Å². The van der Waals surface area contributed by atoms with Gasteiger partial charge in [-0.05, 0) is 11.0 Å². The van der Waals surface area contributed by atoms with Crippen LogP contribution in [0.2, 0.25) is 0 Å². The van der Waals surface area contributed by atoms with Gasteiger partial charge < -0.3 is 19.9 Å². The van der Waals surface area contributed by atoms with Crippen LogP contribution in [0.25, 0.3) is 0 Å². The van der Waals surface area contributed by atoms with Crippen LogP contribution in [0.5, 0.6) is 0 Å². The van der Waals surface area contributed by atoms with Gasteiger partial charge in [0, 0.05) is 0 Å². The van der Waals surface area contributed by atoms with Gasteiger partial charge in [-0.15, -0.1) is 0 Å². The molecule has 1 atom stereocenters. The highest BCUT2D eigenvalue weighted by Gasteiger charge is 2.22. The smallest absolute Gasteiger partial charge is 0.408 e. The Kier molecular flexibility index (Phi) is 6.85. The third kappa shape index (κ3) is 7.64. The second kappa shape index (κ2) is 8.38. The summed E-state index contributed by atoms with van der Waals surface area (Å²) in [6.45, 7) is 6.31. The van der Waals surface area contributed by atoms with Crippen molar-refractivity contribution in [1.82, 2.24) is 5.32 Å². The van der Waals surface area contributed by atoms with Crippen LogP contribution < -0.4 is 5.32 Å². The zero-order valence-electron chi connectivity index (χ0n) is 13.2. The minimum Gasteiger partial charge on any atom is -0.480 e. The monoisotopic (exact) mass is 309 g/mol. The number of carboxylic acids is 1. The normalized spacial score (nSPS) is 12.5. The van der Waals surface area contributed by atoms with Gasteiger partial charge >= 0.3 is 12.1 Å². The van der Waals surface area contributed by atoms with Crippen molar-refractivity contribution in [3.8, 4) is 0 Å². The van der Waals surface area contributed by atoms with Gasteiger partial charge in [0.1, 0.15) is 6.61 Å². The molecule has 0 aliphatic carbocycles. The number of carboxylic acid groups (broad SMARTS) is 1. The Morgan fingerprint density at radius 3 is 2.41 bits per heavy atom. The summed E-state index contributed by atoms with van der Waals surface area (Å²) in [7, 11) is 0. The highest BCUT2D eigenvalue weighted by molar-refractivity contribution is 5.80. The lowest BCUT2D eigenvalue weighted by Crippen LogP contribution is -2.44. The lowest BCUT2D eigenvalue weighted by Gasteiger charge is -2.20. The lowest BCUT2D eigenvalue weighted by molar-refractivity contribution is -0.141. The predicted molar refractivity (Wildman–Crippen MR) is 81.5 cm³/mol. The highest BCUT2D eigenvalue weighted by atomic mass is 16.5. The van der Waals surface area contributed by atoms with E-state index in [1.165, 1.54) is 0 Å². The summed E-state index contributed by atoms with van der Waals surface area (Å²) in [4.78, 5) is 22.8. The Bertz CT molecular complexity index is 481. The maximum absolute atomic E-state index is 11.6. The van der Waals surface area contributed by atoms with Gasteiger partial charge in [0.25, 0.3) is 0 Å². The molecule has 0 aliphatic rings. The molecule has 0 spiro atoms. The van der Waals surface area contributed by atoms with E-state index in [0.29, 0.717) is 6.61 Å². The minimum absolute atomic E-state index is 0.0725. The summed E-state index contributed by atoms with van der Waals surface area (Å²) >= 11 is 0. The molecule has 1 aromatic carbocycles. The standard InChI is InChI=1S/C16H23NO5/c1-16(2,3)11-21-10-13(14(18)19)17-15(20)22-9-12-7-5-4-6-8-12/h4-8,13H,9-11H2,1-3H3,(H,17,20)(H,18,19)/t13-/m0/s1. The number of hydrogen-bond donors (Lipinski definition) is 2. The number of alkyl carbamates (subject to hydrolysis) is 1. The maximum Gasteiger partial charge on any atom is 0.408 e. The summed E-state index contributed by atoms with van der Waals surface area (Å²) < 4.78 is 10.3. The van der Waals surface area contributed by atoms with Crippen LogP contribution >= 0.6 is 0 Å². The number of amides is 1. The molecule has 1 amide bonds.